The van der Waals surface area contributed by atoms with Gasteiger partial charge in [-0.05, 0) is 44.2 Å². The van der Waals surface area contributed by atoms with Gasteiger partial charge in [0.1, 0.15) is 5.82 Å². The zero-order valence-corrected chi connectivity index (χ0v) is 14.8. The fourth-order valence-corrected chi connectivity index (χ4v) is 2.54. The smallest absolute Gasteiger partial charge is 0.383 e. The number of alkyl halides is 3. The van der Waals surface area contributed by atoms with Crippen molar-refractivity contribution in [2.24, 2.45) is 0 Å². The summed E-state index contributed by atoms with van der Waals surface area (Å²) in [4.78, 5) is 14.5. The maximum atomic E-state index is 13.2. The molecule has 140 valence electrons. The Morgan fingerprint density at radius 3 is 2.44 bits per heavy atom. The molecule has 0 amide bonds. The van der Waals surface area contributed by atoms with Crippen LogP contribution in [-0.4, -0.2) is 15.0 Å². The van der Waals surface area contributed by atoms with Crippen molar-refractivity contribution in [1.82, 2.24) is 15.0 Å². The van der Waals surface area contributed by atoms with E-state index in [1.54, 1.807) is 43.1 Å². The van der Waals surface area contributed by atoms with E-state index in [9.17, 15) is 13.2 Å². The molecule has 0 radical (unpaired) electrons. The van der Waals surface area contributed by atoms with Gasteiger partial charge in [0, 0.05) is 23.1 Å². The predicted octanol–water partition coefficient (Wildman–Crippen LogP) is 4.43. The summed E-state index contributed by atoms with van der Waals surface area (Å²) in [7, 11) is 0. The molecule has 3 aromatic rings. The van der Waals surface area contributed by atoms with E-state index in [0.29, 0.717) is 17.1 Å². The molecule has 0 saturated heterocycles. The van der Waals surface area contributed by atoms with Crippen LogP contribution in [0.15, 0.2) is 48.7 Å². The highest BCUT2D eigenvalue weighted by Gasteiger charge is 2.31. The van der Waals surface area contributed by atoms with Gasteiger partial charge in [0.25, 0.3) is 0 Å². The highest BCUT2D eigenvalue weighted by Crippen LogP contribution is 2.34. The molecule has 0 unspecified atom stereocenters. The van der Waals surface area contributed by atoms with Crippen molar-refractivity contribution in [3.63, 3.8) is 0 Å². The van der Waals surface area contributed by atoms with Crippen molar-refractivity contribution >= 4 is 17.5 Å². The molecule has 27 heavy (non-hydrogen) atoms. The Hall–Kier alpha value is -3.16. The van der Waals surface area contributed by atoms with Crippen molar-refractivity contribution in [2.75, 3.05) is 10.6 Å². The predicted molar refractivity (Wildman–Crippen MR) is 97.4 cm³/mol. The molecule has 1 aromatic carbocycles. The SMILES string of the molecule is Cc1nc(N(Cc2ccccn2)c2cccc(C(F)(F)F)c2)nc(N)c1C. The lowest BCUT2D eigenvalue weighted by atomic mass is 10.1. The lowest BCUT2D eigenvalue weighted by molar-refractivity contribution is -0.137. The van der Waals surface area contributed by atoms with Gasteiger partial charge in [-0.1, -0.05) is 12.1 Å². The Morgan fingerprint density at radius 2 is 1.81 bits per heavy atom. The quantitative estimate of drug-likeness (QED) is 0.733. The van der Waals surface area contributed by atoms with E-state index in [1.165, 1.54) is 6.07 Å². The molecule has 0 fully saturated rings. The van der Waals surface area contributed by atoms with Crippen molar-refractivity contribution < 1.29 is 13.2 Å². The number of hydrogen-bond acceptors (Lipinski definition) is 5. The average molecular weight is 373 g/mol. The fraction of sp³-hybridized carbons (Fsp3) is 0.211. The van der Waals surface area contributed by atoms with Gasteiger partial charge >= 0.3 is 6.18 Å². The van der Waals surface area contributed by atoms with Gasteiger partial charge in [-0.15, -0.1) is 0 Å². The van der Waals surface area contributed by atoms with Gasteiger partial charge in [0.05, 0.1) is 17.8 Å². The lowest BCUT2D eigenvalue weighted by Gasteiger charge is -2.24. The van der Waals surface area contributed by atoms with Crippen LogP contribution in [0.2, 0.25) is 0 Å². The van der Waals surface area contributed by atoms with E-state index in [1.807, 2.05) is 6.07 Å². The number of nitrogen functional groups attached to an aromatic ring is 1. The summed E-state index contributed by atoms with van der Waals surface area (Å²) in [6.45, 7) is 3.77. The van der Waals surface area contributed by atoms with Crippen LogP contribution in [0, 0.1) is 13.8 Å². The summed E-state index contributed by atoms with van der Waals surface area (Å²) in [5, 5.41) is 0. The average Bonchev–Trinajstić information content (AvgIpc) is 2.64. The first kappa shape index (κ1) is 18.6. The van der Waals surface area contributed by atoms with Crippen molar-refractivity contribution in [3.05, 3.63) is 71.2 Å². The van der Waals surface area contributed by atoms with Gasteiger partial charge < -0.3 is 10.6 Å². The minimum atomic E-state index is -4.45. The molecule has 0 spiro atoms. The topological polar surface area (TPSA) is 67.9 Å². The van der Waals surface area contributed by atoms with Crippen LogP contribution >= 0.6 is 0 Å². The van der Waals surface area contributed by atoms with Crippen molar-refractivity contribution in [2.45, 2.75) is 26.6 Å². The molecule has 0 aliphatic carbocycles. The minimum Gasteiger partial charge on any atom is -0.383 e. The van der Waals surface area contributed by atoms with Crippen LogP contribution in [-0.2, 0) is 12.7 Å². The summed E-state index contributed by atoms with van der Waals surface area (Å²) in [5.74, 6) is 0.510. The van der Waals surface area contributed by atoms with Crippen LogP contribution in [0.4, 0.5) is 30.6 Å². The fourth-order valence-electron chi connectivity index (χ4n) is 2.54. The number of aromatic nitrogens is 3. The second-order valence-corrected chi connectivity index (χ2v) is 6.07. The second-order valence-electron chi connectivity index (χ2n) is 6.07. The number of pyridine rings is 1. The Kier molecular flexibility index (Phi) is 4.98. The first-order valence-electron chi connectivity index (χ1n) is 8.21. The summed E-state index contributed by atoms with van der Waals surface area (Å²) < 4.78 is 39.5. The van der Waals surface area contributed by atoms with Gasteiger partial charge in [-0.25, -0.2) is 4.98 Å². The van der Waals surface area contributed by atoms with Crippen LogP contribution < -0.4 is 10.6 Å². The summed E-state index contributed by atoms with van der Waals surface area (Å²) in [5.41, 5.74) is 7.57. The standard InChI is InChI=1S/C19H18F3N5/c1-12-13(2)25-18(26-17(12)23)27(11-15-7-3-4-9-24-15)16-8-5-6-14(10-16)19(20,21)22/h3-10H,11H2,1-2H3,(H2,23,25,26). The Morgan fingerprint density at radius 1 is 1.04 bits per heavy atom. The zero-order valence-electron chi connectivity index (χ0n) is 14.8. The highest BCUT2D eigenvalue weighted by atomic mass is 19.4. The molecule has 2 heterocycles. The molecule has 8 heteroatoms. The minimum absolute atomic E-state index is 0.199. The number of nitrogens with two attached hydrogens (primary N) is 1. The third-order valence-electron chi connectivity index (χ3n) is 4.19. The number of hydrogen-bond donors (Lipinski definition) is 1. The van der Waals surface area contributed by atoms with Gasteiger partial charge in [0.15, 0.2) is 0 Å². The molecule has 3 rings (SSSR count). The van der Waals surface area contributed by atoms with E-state index in [4.69, 9.17) is 5.73 Å². The molecule has 0 saturated carbocycles. The molecule has 2 N–H and O–H groups in total. The number of halogens is 3. The van der Waals surface area contributed by atoms with Crippen LogP contribution in [0.5, 0.6) is 0 Å². The van der Waals surface area contributed by atoms with E-state index >= 15 is 0 Å². The number of anilines is 3. The van der Waals surface area contributed by atoms with Crippen LogP contribution in [0.1, 0.15) is 22.5 Å². The Labute approximate surface area is 154 Å². The molecule has 5 nitrogen and oxygen atoms in total. The van der Waals surface area contributed by atoms with Crippen LogP contribution in [0.3, 0.4) is 0 Å². The van der Waals surface area contributed by atoms with Gasteiger partial charge in [-0.3, -0.25) is 4.98 Å². The van der Waals surface area contributed by atoms with Gasteiger partial charge in [0.2, 0.25) is 5.95 Å². The van der Waals surface area contributed by atoms with Crippen molar-refractivity contribution in [1.29, 1.82) is 0 Å². The highest BCUT2D eigenvalue weighted by molar-refractivity contribution is 5.60. The molecular formula is C19H18F3N5. The number of aryl methyl sites for hydroxylation is 1. The molecule has 0 atom stereocenters. The summed E-state index contributed by atoms with van der Waals surface area (Å²) >= 11 is 0. The summed E-state index contributed by atoms with van der Waals surface area (Å²) in [6, 6.07) is 10.4. The van der Waals surface area contributed by atoms with Crippen LogP contribution in [0.25, 0.3) is 0 Å². The number of nitrogens with zero attached hydrogens (tertiary/aromatic N) is 4. The van der Waals surface area contributed by atoms with E-state index in [-0.39, 0.29) is 18.3 Å². The van der Waals surface area contributed by atoms with E-state index in [0.717, 1.165) is 17.7 Å². The third kappa shape index (κ3) is 4.16. The maximum absolute atomic E-state index is 13.2. The molecule has 2 aromatic heterocycles. The number of benzene rings is 1. The molecule has 0 aliphatic heterocycles. The normalized spacial score (nSPS) is 11.4. The largest absolute Gasteiger partial charge is 0.416 e. The monoisotopic (exact) mass is 373 g/mol. The Bertz CT molecular complexity index is 919. The van der Waals surface area contributed by atoms with E-state index in [2.05, 4.69) is 15.0 Å². The maximum Gasteiger partial charge on any atom is 0.416 e. The van der Waals surface area contributed by atoms with Gasteiger partial charge in [-0.2, -0.15) is 18.2 Å². The van der Waals surface area contributed by atoms with E-state index < -0.39 is 11.7 Å². The molecule has 0 aliphatic rings. The first-order chi connectivity index (χ1) is 12.8. The Balaban J connectivity index is 2.11. The molecular weight excluding hydrogens is 355 g/mol. The third-order valence-corrected chi connectivity index (χ3v) is 4.19. The summed E-state index contributed by atoms with van der Waals surface area (Å²) in [6.07, 6.45) is -2.83. The van der Waals surface area contributed by atoms with Crippen molar-refractivity contribution in [3.8, 4) is 0 Å². The number of rotatable bonds is 4. The lowest BCUT2D eigenvalue weighted by Crippen LogP contribution is -2.21. The second kappa shape index (κ2) is 7.22. The molecule has 0 bridgehead atoms. The first-order valence-corrected chi connectivity index (χ1v) is 8.21. The zero-order chi connectivity index (χ0) is 19.6.